The number of nitrogens with zero attached hydrogens (tertiary/aromatic N) is 1. The van der Waals surface area contributed by atoms with Crippen LogP contribution in [0.4, 0.5) is 5.69 Å². The van der Waals surface area contributed by atoms with E-state index in [-0.39, 0.29) is 10.6 Å². The summed E-state index contributed by atoms with van der Waals surface area (Å²) in [5, 5.41) is 18.2. The molecule has 1 N–H and O–H groups in total. The minimum absolute atomic E-state index is 0.0979. The molecule has 0 radical (unpaired) electrons. The number of benzene rings is 1. The van der Waals surface area contributed by atoms with Crippen LogP contribution in [0, 0.1) is 20.9 Å². The van der Waals surface area contributed by atoms with Crippen molar-refractivity contribution in [2.75, 3.05) is 0 Å². The number of Topliss-reactive ketones (excluding diaryl/α,β-unsaturated/α-hetero) is 2. The number of ketones is 2. The van der Waals surface area contributed by atoms with Crippen LogP contribution in [0.5, 0.6) is 0 Å². The van der Waals surface area contributed by atoms with Crippen LogP contribution in [-0.2, 0) is 4.79 Å². The van der Waals surface area contributed by atoms with Crippen molar-refractivity contribution in [2.45, 2.75) is 20.8 Å². The number of nitro benzene ring substituents is 1. The Kier molecular flexibility index (Phi) is 4.78. The lowest BCUT2D eigenvalue weighted by molar-refractivity contribution is -0.385. The second kappa shape index (κ2) is 5.99. The second-order valence-corrected chi connectivity index (χ2v) is 5.76. The first-order valence-corrected chi connectivity index (χ1v) is 6.30. The zero-order chi connectivity index (χ0) is 16.4. The highest BCUT2D eigenvalue weighted by atomic mass is 35.5. The summed E-state index contributed by atoms with van der Waals surface area (Å²) in [5.74, 6) is 0.286. The first-order valence-electron chi connectivity index (χ1n) is 5.92. The summed E-state index contributed by atoms with van der Waals surface area (Å²) in [6.45, 7) is 4.74. The van der Waals surface area contributed by atoms with E-state index >= 15 is 0 Å². The van der Waals surface area contributed by atoms with Crippen molar-refractivity contribution >= 4 is 34.7 Å². The number of hydrogen-bond acceptors (Lipinski definition) is 5. The maximum Gasteiger partial charge on any atom is 0.282 e. The Morgan fingerprint density at radius 1 is 1.33 bits per heavy atom. The van der Waals surface area contributed by atoms with Gasteiger partial charge in [0.15, 0.2) is 5.78 Å². The summed E-state index contributed by atoms with van der Waals surface area (Å²) < 4.78 is 0. The molecule has 110 valence electrons. The monoisotopic (exact) mass is 308 g/mol. The summed E-state index contributed by atoms with van der Waals surface area (Å²) in [7, 11) is 0. The zero-order valence-electron chi connectivity index (χ0n) is 11.7. The molecular formula is C14H13ClN2O4. The van der Waals surface area contributed by atoms with E-state index in [2.05, 4.69) is 0 Å². The fourth-order valence-electron chi connectivity index (χ4n) is 1.57. The molecule has 0 saturated heterocycles. The Morgan fingerprint density at radius 3 is 2.33 bits per heavy atom. The van der Waals surface area contributed by atoms with Crippen molar-refractivity contribution in [1.29, 1.82) is 5.41 Å². The molecule has 1 aromatic carbocycles. The Balaban J connectivity index is 3.41. The van der Waals surface area contributed by atoms with Crippen LogP contribution < -0.4 is 0 Å². The van der Waals surface area contributed by atoms with Crippen LogP contribution in [0.15, 0.2) is 23.8 Å². The van der Waals surface area contributed by atoms with Gasteiger partial charge in [-0.2, -0.15) is 0 Å². The molecule has 6 nitrogen and oxygen atoms in total. The molecule has 0 fully saturated rings. The molecule has 21 heavy (non-hydrogen) atoms. The molecule has 7 heteroatoms. The largest absolute Gasteiger partial charge is 0.293 e. The van der Waals surface area contributed by atoms with E-state index in [1.54, 1.807) is 26.6 Å². The molecule has 0 amide bonds. The van der Waals surface area contributed by atoms with Crippen molar-refractivity contribution in [2.24, 2.45) is 5.41 Å². The van der Waals surface area contributed by atoms with E-state index in [9.17, 15) is 19.7 Å². The first kappa shape index (κ1) is 16.8. The van der Waals surface area contributed by atoms with Crippen molar-refractivity contribution in [3.05, 3.63) is 44.5 Å². The number of carbonyl (C=O) groups is 2. The third-order valence-electron chi connectivity index (χ3n) is 2.66. The average molecular weight is 309 g/mol. The minimum atomic E-state index is -0.909. The number of hydrogen-bond donors (Lipinski definition) is 1. The molecule has 0 unspecified atom stereocenters. The standard InChI is InChI=1S/C14H13ClN2O4/c1-14(2,3)13(19)10(7-16)12(18)9-5-4-8(15)6-11(9)17(20)21/h4-6,16H,1-3H3. The number of nitro groups is 1. The summed E-state index contributed by atoms with van der Waals surface area (Å²) in [6.07, 6.45) is 0. The number of carbonyl (C=O) groups excluding carboxylic acids is 2. The maximum atomic E-state index is 12.3. The number of allylic oxidation sites excluding steroid dienone is 1. The highest BCUT2D eigenvalue weighted by Gasteiger charge is 2.33. The van der Waals surface area contributed by atoms with Crippen molar-refractivity contribution in [1.82, 2.24) is 0 Å². The van der Waals surface area contributed by atoms with Crippen LogP contribution in [0.1, 0.15) is 31.1 Å². The van der Waals surface area contributed by atoms with Gasteiger partial charge in [-0.15, -0.1) is 0 Å². The molecular weight excluding hydrogens is 296 g/mol. The van der Waals surface area contributed by atoms with E-state index < -0.39 is 33.2 Å². The summed E-state index contributed by atoms with van der Waals surface area (Å²) in [6, 6.07) is 3.50. The second-order valence-electron chi connectivity index (χ2n) is 5.33. The summed E-state index contributed by atoms with van der Waals surface area (Å²) in [4.78, 5) is 34.7. The average Bonchev–Trinajstić information content (AvgIpc) is 2.37. The zero-order valence-corrected chi connectivity index (χ0v) is 12.4. The lowest BCUT2D eigenvalue weighted by Gasteiger charge is -2.16. The molecule has 0 aliphatic rings. The molecule has 0 heterocycles. The van der Waals surface area contributed by atoms with Gasteiger partial charge >= 0.3 is 0 Å². The van der Waals surface area contributed by atoms with Gasteiger partial charge in [0.1, 0.15) is 11.1 Å². The Bertz CT molecular complexity index is 683. The van der Waals surface area contributed by atoms with Gasteiger partial charge < -0.3 is 0 Å². The van der Waals surface area contributed by atoms with Gasteiger partial charge in [-0.25, -0.2) is 0 Å². The van der Waals surface area contributed by atoms with Crippen LogP contribution in [-0.4, -0.2) is 22.4 Å². The Labute approximate surface area is 126 Å². The summed E-state index contributed by atoms with van der Waals surface area (Å²) in [5.41, 5.74) is -2.23. The van der Waals surface area contributed by atoms with Gasteiger partial charge in [0, 0.05) is 16.5 Å². The van der Waals surface area contributed by atoms with Gasteiger partial charge in [0.25, 0.3) is 5.69 Å². The number of halogens is 1. The molecule has 0 aliphatic heterocycles. The van der Waals surface area contributed by atoms with Gasteiger partial charge in [0.05, 0.1) is 4.92 Å². The lowest BCUT2D eigenvalue weighted by Crippen LogP contribution is -2.27. The third-order valence-corrected chi connectivity index (χ3v) is 2.90. The molecule has 1 aromatic rings. The smallest absolute Gasteiger partial charge is 0.282 e. The quantitative estimate of drug-likeness (QED) is 0.175. The van der Waals surface area contributed by atoms with Crippen LogP contribution in [0.25, 0.3) is 0 Å². The predicted molar refractivity (Wildman–Crippen MR) is 78.1 cm³/mol. The van der Waals surface area contributed by atoms with Gasteiger partial charge in [-0.3, -0.25) is 25.1 Å². The molecule has 0 saturated carbocycles. The van der Waals surface area contributed by atoms with Crippen molar-refractivity contribution in [3.63, 3.8) is 0 Å². The van der Waals surface area contributed by atoms with E-state index in [4.69, 9.17) is 17.0 Å². The number of nitrogens with one attached hydrogen (secondary N) is 1. The van der Waals surface area contributed by atoms with Gasteiger partial charge in [-0.1, -0.05) is 32.4 Å². The molecule has 0 atom stereocenters. The SMILES string of the molecule is CC(C)(C)C(=O)C(=C=N)C(=O)c1ccc(Cl)cc1[N+](=O)[O-]. The van der Waals surface area contributed by atoms with E-state index in [1.807, 2.05) is 0 Å². The highest BCUT2D eigenvalue weighted by molar-refractivity contribution is 6.34. The highest BCUT2D eigenvalue weighted by Crippen LogP contribution is 2.27. The lowest BCUT2D eigenvalue weighted by atomic mass is 9.84. The topological polar surface area (TPSA) is 101 Å². The first-order chi connectivity index (χ1) is 9.59. The van der Waals surface area contributed by atoms with E-state index in [0.717, 1.165) is 12.1 Å². The summed E-state index contributed by atoms with van der Waals surface area (Å²) >= 11 is 5.67. The predicted octanol–water partition coefficient (Wildman–Crippen LogP) is 3.22. The van der Waals surface area contributed by atoms with E-state index in [0.29, 0.717) is 0 Å². The number of rotatable bonds is 4. The Morgan fingerprint density at radius 2 is 1.90 bits per heavy atom. The minimum Gasteiger partial charge on any atom is -0.293 e. The molecule has 0 aliphatic carbocycles. The van der Waals surface area contributed by atoms with Crippen LogP contribution >= 0.6 is 11.6 Å². The van der Waals surface area contributed by atoms with Crippen LogP contribution in [0.2, 0.25) is 5.02 Å². The maximum absolute atomic E-state index is 12.3. The van der Waals surface area contributed by atoms with Crippen LogP contribution in [0.3, 0.4) is 0 Å². The molecule has 1 rings (SSSR count). The van der Waals surface area contributed by atoms with Crippen molar-refractivity contribution < 1.29 is 14.5 Å². The molecule has 0 aromatic heterocycles. The Hall–Kier alpha value is -2.30. The molecule has 0 bridgehead atoms. The molecule has 0 spiro atoms. The van der Waals surface area contributed by atoms with Crippen molar-refractivity contribution in [3.8, 4) is 0 Å². The third kappa shape index (κ3) is 3.62. The van der Waals surface area contributed by atoms with Gasteiger partial charge in [-0.05, 0) is 18.0 Å². The fraction of sp³-hybridized carbons (Fsp3) is 0.286. The van der Waals surface area contributed by atoms with E-state index in [1.165, 1.54) is 6.07 Å². The normalized spacial score (nSPS) is 10.7. The van der Waals surface area contributed by atoms with Gasteiger partial charge in [0.2, 0.25) is 5.78 Å². The fourth-order valence-corrected chi connectivity index (χ4v) is 1.74.